The van der Waals surface area contributed by atoms with Crippen molar-refractivity contribution in [1.29, 1.82) is 0 Å². The van der Waals surface area contributed by atoms with Crippen molar-refractivity contribution in [2.75, 3.05) is 19.6 Å². The summed E-state index contributed by atoms with van der Waals surface area (Å²) in [4.78, 5) is 30.1. The van der Waals surface area contributed by atoms with Gasteiger partial charge in [-0.3, -0.25) is 9.59 Å². The predicted molar refractivity (Wildman–Crippen MR) is 94.7 cm³/mol. The minimum Gasteiger partial charge on any atom is -0.355 e. The van der Waals surface area contributed by atoms with Crippen LogP contribution in [0.4, 0.5) is 4.39 Å². The van der Waals surface area contributed by atoms with Gasteiger partial charge in [-0.2, -0.15) is 0 Å². The van der Waals surface area contributed by atoms with Crippen LogP contribution in [0.15, 0.2) is 29.6 Å². The molecule has 0 aliphatic carbocycles. The smallest absolute Gasteiger partial charge is 0.226 e. The van der Waals surface area contributed by atoms with Crippen molar-refractivity contribution in [1.82, 2.24) is 15.2 Å². The number of carbonyl (C=O) groups is 2. The molecular formula is C18H20FN3O2S. The topological polar surface area (TPSA) is 62.3 Å². The van der Waals surface area contributed by atoms with E-state index >= 15 is 0 Å². The van der Waals surface area contributed by atoms with Crippen LogP contribution >= 0.6 is 11.3 Å². The first-order valence-electron chi connectivity index (χ1n) is 8.36. The van der Waals surface area contributed by atoms with Crippen molar-refractivity contribution in [2.24, 2.45) is 0 Å². The van der Waals surface area contributed by atoms with E-state index in [0.717, 1.165) is 25.9 Å². The summed E-state index contributed by atoms with van der Waals surface area (Å²) in [6.45, 7) is 2.00. The van der Waals surface area contributed by atoms with E-state index in [9.17, 15) is 14.0 Å². The number of carbonyl (C=O) groups excluding carboxylic acids is 2. The summed E-state index contributed by atoms with van der Waals surface area (Å²) < 4.78 is 13.3. The third kappa shape index (κ3) is 4.85. The molecule has 0 bridgehead atoms. The molecule has 3 rings (SSSR count). The second-order valence-corrected chi connectivity index (χ2v) is 6.88. The fraction of sp³-hybridized carbons (Fsp3) is 0.389. The summed E-state index contributed by atoms with van der Waals surface area (Å²) in [7, 11) is 0. The molecule has 1 N–H and O–H groups in total. The summed E-state index contributed by atoms with van der Waals surface area (Å²) in [5, 5.41) is 5.25. The molecule has 132 valence electrons. The third-order valence-corrected chi connectivity index (χ3v) is 5.02. The van der Waals surface area contributed by atoms with Gasteiger partial charge in [0.25, 0.3) is 0 Å². The molecule has 1 aromatic carbocycles. The third-order valence-electron chi connectivity index (χ3n) is 4.08. The van der Waals surface area contributed by atoms with E-state index in [4.69, 9.17) is 0 Å². The Hall–Kier alpha value is -2.28. The molecule has 0 spiro atoms. The zero-order valence-electron chi connectivity index (χ0n) is 13.8. The number of thiazole rings is 1. The van der Waals surface area contributed by atoms with Gasteiger partial charge in [0.2, 0.25) is 11.8 Å². The number of aromatic nitrogens is 1. The standard InChI is InChI=1S/C18H20FN3O2S/c19-14-5-3-4-13(10-14)18-21-15(12-25-18)11-16(23)20-7-6-17(24)22-8-1-2-9-22/h3-5,10,12H,1-2,6-9,11H2,(H,20,23). The monoisotopic (exact) mass is 361 g/mol. The van der Waals surface area contributed by atoms with Crippen LogP contribution in [0, 0.1) is 5.82 Å². The van der Waals surface area contributed by atoms with Gasteiger partial charge in [0.1, 0.15) is 10.8 Å². The highest BCUT2D eigenvalue weighted by molar-refractivity contribution is 7.13. The Morgan fingerprint density at radius 3 is 2.84 bits per heavy atom. The van der Waals surface area contributed by atoms with E-state index in [2.05, 4.69) is 10.3 Å². The Balaban J connectivity index is 1.46. The van der Waals surface area contributed by atoms with Crippen molar-refractivity contribution < 1.29 is 14.0 Å². The molecule has 25 heavy (non-hydrogen) atoms. The van der Waals surface area contributed by atoms with Crippen LogP contribution in [0.3, 0.4) is 0 Å². The zero-order valence-corrected chi connectivity index (χ0v) is 14.7. The largest absolute Gasteiger partial charge is 0.355 e. The Bertz CT molecular complexity index is 756. The summed E-state index contributed by atoms with van der Waals surface area (Å²) in [6.07, 6.45) is 2.62. The molecule has 7 heteroatoms. The van der Waals surface area contributed by atoms with Crippen LogP contribution < -0.4 is 5.32 Å². The lowest BCUT2D eigenvalue weighted by molar-refractivity contribution is -0.130. The number of benzene rings is 1. The number of hydrogen-bond donors (Lipinski definition) is 1. The van der Waals surface area contributed by atoms with Crippen LogP contribution in [0.25, 0.3) is 10.6 Å². The fourth-order valence-electron chi connectivity index (χ4n) is 2.80. The van der Waals surface area contributed by atoms with Gasteiger partial charge in [-0.15, -0.1) is 11.3 Å². The highest BCUT2D eigenvalue weighted by atomic mass is 32.1. The maximum absolute atomic E-state index is 13.3. The SMILES string of the molecule is O=C(Cc1csc(-c2cccc(F)c2)n1)NCCC(=O)N1CCCC1. The molecule has 1 saturated heterocycles. The van der Waals surface area contributed by atoms with Crippen molar-refractivity contribution in [3.63, 3.8) is 0 Å². The minimum absolute atomic E-state index is 0.0971. The molecule has 1 fully saturated rings. The van der Waals surface area contributed by atoms with Crippen molar-refractivity contribution >= 4 is 23.2 Å². The average Bonchev–Trinajstić information content (AvgIpc) is 3.26. The average molecular weight is 361 g/mol. The van der Waals surface area contributed by atoms with Gasteiger partial charge in [0.15, 0.2) is 0 Å². The number of amides is 2. The number of hydrogen-bond acceptors (Lipinski definition) is 4. The van der Waals surface area contributed by atoms with Crippen LogP contribution in [0.2, 0.25) is 0 Å². The van der Waals surface area contributed by atoms with Crippen molar-refractivity contribution in [3.05, 3.63) is 41.2 Å². The summed E-state index contributed by atoms with van der Waals surface area (Å²) in [6, 6.07) is 6.23. The maximum Gasteiger partial charge on any atom is 0.226 e. The van der Waals surface area contributed by atoms with E-state index in [1.165, 1.54) is 23.5 Å². The lowest BCUT2D eigenvalue weighted by atomic mass is 10.2. The maximum atomic E-state index is 13.3. The van der Waals surface area contributed by atoms with E-state index < -0.39 is 0 Å². The highest BCUT2D eigenvalue weighted by Gasteiger charge is 2.17. The van der Waals surface area contributed by atoms with Gasteiger partial charge in [0, 0.05) is 37.0 Å². The van der Waals surface area contributed by atoms with Crippen LogP contribution in [0.1, 0.15) is 25.0 Å². The van der Waals surface area contributed by atoms with Crippen LogP contribution in [-0.2, 0) is 16.0 Å². The van der Waals surface area contributed by atoms with E-state index in [1.807, 2.05) is 4.90 Å². The van der Waals surface area contributed by atoms with Gasteiger partial charge >= 0.3 is 0 Å². The van der Waals surface area contributed by atoms with E-state index in [0.29, 0.717) is 29.2 Å². The molecule has 0 saturated carbocycles. The lowest BCUT2D eigenvalue weighted by Crippen LogP contribution is -2.33. The first-order chi connectivity index (χ1) is 12.1. The first kappa shape index (κ1) is 17.5. The van der Waals surface area contributed by atoms with E-state index in [1.54, 1.807) is 17.5 Å². The van der Waals surface area contributed by atoms with Gasteiger partial charge in [-0.1, -0.05) is 12.1 Å². The second-order valence-electron chi connectivity index (χ2n) is 6.02. The Labute approximate surface area is 149 Å². The summed E-state index contributed by atoms with van der Waals surface area (Å²) in [5.41, 5.74) is 1.35. The molecule has 0 atom stereocenters. The molecule has 0 radical (unpaired) electrons. The van der Waals surface area contributed by atoms with Gasteiger partial charge < -0.3 is 10.2 Å². The quantitative estimate of drug-likeness (QED) is 0.860. The van der Waals surface area contributed by atoms with Crippen molar-refractivity contribution in [2.45, 2.75) is 25.7 Å². The fourth-order valence-corrected chi connectivity index (χ4v) is 3.62. The number of halogens is 1. The highest BCUT2D eigenvalue weighted by Crippen LogP contribution is 2.24. The van der Waals surface area contributed by atoms with Gasteiger partial charge in [-0.05, 0) is 25.0 Å². The van der Waals surface area contributed by atoms with E-state index in [-0.39, 0.29) is 24.1 Å². The second kappa shape index (κ2) is 8.20. The molecule has 5 nitrogen and oxygen atoms in total. The first-order valence-corrected chi connectivity index (χ1v) is 9.24. The van der Waals surface area contributed by atoms with Crippen molar-refractivity contribution in [3.8, 4) is 10.6 Å². The summed E-state index contributed by atoms with van der Waals surface area (Å²) in [5.74, 6) is -0.375. The minimum atomic E-state index is -0.310. The van der Waals surface area contributed by atoms with Crippen LogP contribution in [0.5, 0.6) is 0 Å². The lowest BCUT2D eigenvalue weighted by Gasteiger charge is -2.15. The van der Waals surface area contributed by atoms with Gasteiger partial charge in [0.05, 0.1) is 12.1 Å². The molecule has 1 aliphatic heterocycles. The molecule has 1 aliphatic rings. The molecule has 2 heterocycles. The molecule has 2 amide bonds. The predicted octanol–water partition coefficient (Wildman–Crippen LogP) is 2.62. The van der Waals surface area contributed by atoms with Gasteiger partial charge in [-0.25, -0.2) is 9.37 Å². The molecule has 1 aromatic heterocycles. The molecule has 2 aromatic rings. The number of nitrogens with one attached hydrogen (secondary N) is 1. The molecular weight excluding hydrogens is 341 g/mol. The Morgan fingerprint density at radius 1 is 1.28 bits per heavy atom. The Morgan fingerprint density at radius 2 is 2.08 bits per heavy atom. The number of rotatable bonds is 6. The number of nitrogens with zero attached hydrogens (tertiary/aromatic N) is 2. The normalized spacial score (nSPS) is 13.9. The van der Waals surface area contributed by atoms with Crippen LogP contribution in [-0.4, -0.2) is 41.3 Å². The number of likely N-dealkylation sites (tertiary alicyclic amines) is 1. The Kier molecular flexibility index (Phi) is 5.75. The zero-order chi connectivity index (χ0) is 17.6. The molecule has 0 unspecified atom stereocenters. The summed E-state index contributed by atoms with van der Waals surface area (Å²) >= 11 is 1.38.